The number of para-hydroxylation sites is 1. The van der Waals surface area contributed by atoms with Crippen LogP contribution in [0.5, 0.6) is 0 Å². The molecule has 3 heteroatoms. The molecule has 0 saturated carbocycles. The Morgan fingerprint density at radius 2 is 1.94 bits per heavy atom. The second kappa shape index (κ2) is 4.48. The minimum Gasteiger partial charge on any atom is -0.443 e. The monoisotopic (exact) mass is 244 g/mol. The topological polar surface area (TPSA) is 31.2 Å². The van der Waals surface area contributed by atoms with E-state index in [1.165, 1.54) is 0 Å². The third-order valence-corrected chi connectivity index (χ3v) is 2.64. The molecule has 18 heavy (non-hydrogen) atoms. The predicted octanol–water partition coefficient (Wildman–Crippen LogP) is 4.00. The molecule has 1 radical (unpaired) electrons. The summed E-state index contributed by atoms with van der Waals surface area (Å²) in [5, 5.41) is 1.06. The summed E-state index contributed by atoms with van der Waals surface area (Å²) in [6.45, 7) is 7.55. The molecule has 0 aliphatic rings. The van der Waals surface area contributed by atoms with Gasteiger partial charge in [-0.3, -0.25) is 4.57 Å². The molecule has 1 aromatic carbocycles. The average Bonchev–Trinajstić information content (AvgIpc) is 2.65. The molecule has 0 aliphatic carbocycles. The SMILES string of the molecule is C[CH]c1cn(C(=O)OC(C)(C)C)c2ccccc12. The van der Waals surface area contributed by atoms with E-state index in [1.54, 1.807) is 4.57 Å². The lowest BCUT2D eigenvalue weighted by Crippen LogP contribution is -2.26. The first kappa shape index (κ1) is 12.7. The molecule has 0 atom stereocenters. The number of fused-ring (bicyclic) bond motifs is 1. The summed E-state index contributed by atoms with van der Waals surface area (Å²) in [5.74, 6) is 0. The van der Waals surface area contributed by atoms with Gasteiger partial charge in [-0.1, -0.05) is 25.1 Å². The van der Waals surface area contributed by atoms with Gasteiger partial charge in [-0.2, -0.15) is 0 Å². The van der Waals surface area contributed by atoms with Crippen molar-refractivity contribution < 1.29 is 9.53 Å². The molecule has 2 aromatic rings. The quantitative estimate of drug-likeness (QED) is 0.759. The number of hydrogen-bond donors (Lipinski definition) is 0. The number of benzene rings is 1. The summed E-state index contributed by atoms with van der Waals surface area (Å²) >= 11 is 0. The van der Waals surface area contributed by atoms with Crippen LogP contribution in [-0.4, -0.2) is 16.3 Å². The molecule has 0 saturated heterocycles. The molecular weight excluding hydrogens is 226 g/mol. The summed E-state index contributed by atoms with van der Waals surface area (Å²) < 4.78 is 6.97. The number of rotatable bonds is 1. The Labute approximate surface area is 107 Å². The zero-order valence-electron chi connectivity index (χ0n) is 11.2. The van der Waals surface area contributed by atoms with Crippen molar-refractivity contribution in [3.8, 4) is 0 Å². The van der Waals surface area contributed by atoms with E-state index in [2.05, 4.69) is 0 Å². The minimum atomic E-state index is -0.488. The maximum Gasteiger partial charge on any atom is 0.419 e. The van der Waals surface area contributed by atoms with E-state index in [0.29, 0.717) is 0 Å². The van der Waals surface area contributed by atoms with Gasteiger partial charge in [-0.05, 0) is 38.8 Å². The van der Waals surface area contributed by atoms with Crippen LogP contribution in [0.2, 0.25) is 0 Å². The molecule has 0 unspecified atom stereocenters. The van der Waals surface area contributed by atoms with Crippen LogP contribution in [0, 0.1) is 6.42 Å². The van der Waals surface area contributed by atoms with Crippen molar-refractivity contribution in [1.82, 2.24) is 4.57 Å². The molecule has 1 aromatic heterocycles. The van der Waals surface area contributed by atoms with E-state index >= 15 is 0 Å². The zero-order chi connectivity index (χ0) is 13.3. The van der Waals surface area contributed by atoms with Crippen molar-refractivity contribution in [2.24, 2.45) is 0 Å². The fourth-order valence-corrected chi connectivity index (χ4v) is 1.90. The van der Waals surface area contributed by atoms with Crippen LogP contribution in [0.15, 0.2) is 30.5 Å². The van der Waals surface area contributed by atoms with Gasteiger partial charge in [0.25, 0.3) is 0 Å². The number of ether oxygens (including phenoxy) is 1. The first-order chi connectivity index (χ1) is 8.42. The second-order valence-corrected chi connectivity index (χ2v) is 5.24. The fourth-order valence-electron chi connectivity index (χ4n) is 1.90. The molecule has 2 rings (SSSR count). The Hall–Kier alpha value is -1.77. The molecule has 0 N–H and O–H groups in total. The van der Waals surface area contributed by atoms with Crippen molar-refractivity contribution in [2.75, 3.05) is 0 Å². The fraction of sp³-hybridized carbons (Fsp3) is 0.333. The van der Waals surface area contributed by atoms with Gasteiger partial charge < -0.3 is 4.74 Å². The van der Waals surface area contributed by atoms with E-state index in [0.717, 1.165) is 16.5 Å². The number of nitrogens with zero attached hydrogens (tertiary/aromatic N) is 1. The van der Waals surface area contributed by atoms with Crippen LogP contribution in [0.1, 0.15) is 33.3 Å². The minimum absolute atomic E-state index is 0.341. The first-order valence-electron chi connectivity index (χ1n) is 6.05. The third kappa shape index (κ3) is 2.40. The second-order valence-electron chi connectivity index (χ2n) is 5.24. The number of carbonyl (C=O) groups is 1. The van der Waals surface area contributed by atoms with Gasteiger partial charge in [0.2, 0.25) is 0 Å². The number of carbonyl (C=O) groups excluding carboxylic acids is 1. The Kier molecular flexibility index (Phi) is 3.16. The summed E-state index contributed by atoms with van der Waals surface area (Å²) in [7, 11) is 0. The van der Waals surface area contributed by atoms with Crippen LogP contribution in [0.3, 0.4) is 0 Å². The lowest BCUT2D eigenvalue weighted by Gasteiger charge is -2.19. The number of hydrogen-bond acceptors (Lipinski definition) is 2. The van der Waals surface area contributed by atoms with Gasteiger partial charge >= 0.3 is 6.09 Å². The maximum absolute atomic E-state index is 12.1. The van der Waals surface area contributed by atoms with Gasteiger partial charge in [-0.25, -0.2) is 4.79 Å². The van der Waals surface area contributed by atoms with E-state index in [9.17, 15) is 4.79 Å². The van der Waals surface area contributed by atoms with E-state index < -0.39 is 5.60 Å². The van der Waals surface area contributed by atoms with Gasteiger partial charge in [0.15, 0.2) is 0 Å². The van der Waals surface area contributed by atoms with Crippen LogP contribution in [0.4, 0.5) is 4.79 Å². The highest BCUT2D eigenvalue weighted by atomic mass is 16.6. The molecule has 0 bridgehead atoms. The third-order valence-electron chi connectivity index (χ3n) is 2.64. The summed E-state index contributed by atoms with van der Waals surface area (Å²) in [4.78, 5) is 12.1. The van der Waals surface area contributed by atoms with Crippen molar-refractivity contribution >= 4 is 17.0 Å². The normalized spacial score (nSPS) is 11.8. The Morgan fingerprint density at radius 3 is 2.56 bits per heavy atom. The molecule has 0 fully saturated rings. The molecule has 0 spiro atoms. The summed E-state index contributed by atoms with van der Waals surface area (Å²) in [6.07, 6.45) is 3.47. The first-order valence-corrected chi connectivity index (χ1v) is 6.05. The highest BCUT2D eigenvalue weighted by Gasteiger charge is 2.20. The average molecular weight is 244 g/mol. The van der Waals surface area contributed by atoms with Gasteiger partial charge in [0.1, 0.15) is 5.60 Å². The molecular formula is C15H18NO2. The Bertz CT molecular complexity index is 576. The Balaban J connectivity index is 2.48. The molecule has 95 valence electrons. The molecule has 0 aliphatic heterocycles. The van der Waals surface area contributed by atoms with Gasteiger partial charge in [-0.15, -0.1) is 0 Å². The molecule has 3 nitrogen and oxygen atoms in total. The van der Waals surface area contributed by atoms with Crippen molar-refractivity contribution in [2.45, 2.75) is 33.3 Å². The highest BCUT2D eigenvalue weighted by Crippen LogP contribution is 2.23. The zero-order valence-corrected chi connectivity index (χ0v) is 11.2. The maximum atomic E-state index is 12.1. The predicted molar refractivity (Wildman–Crippen MR) is 72.6 cm³/mol. The summed E-state index contributed by atoms with van der Waals surface area (Å²) in [5.41, 5.74) is 1.43. The smallest absolute Gasteiger partial charge is 0.419 e. The molecule has 0 amide bonds. The number of aromatic nitrogens is 1. The van der Waals surface area contributed by atoms with E-state index in [-0.39, 0.29) is 6.09 Å². The van der Waals surface area contributed by atoms with Gasteiger partial charge in [0, 0.05) is 11.6 Å². The van der Waals surface area contributed by atoms with E-state index in [4.69, 9.17) is 4.74 Å². The van der Waals surface area contributed by atoms with Gasteiger partial charge in [0.05, 0.1) is 5.52 Å². The van der Waals surface area contributed by atoms with Crippen LogP contribution in [0.25, 0.3) is 10.9 Å². The van der Waals surface area contributed by atoms with Crippen LogP contribution in [-0.2, 0) is 4.74 Å². The highest BCUT2D eigenvalue weighted by molar-refractivity contribution is 5.92. The molecule has 1 heterocycles. The van der Waals surface area contributed by atoms with Crippen molar-refractivity contribution in [3.63, 3.8) is 0 Å². The van der Waals surface area contributed by atoms with Crippen LogP contribution < -0.4 is 0 Å². The largest absolute Gasteiger partial charge is 0.443 e. The van der Waals surface area contributed by atoms with E-state index in [1.807, 2.05) is 64.6 Å². The van der Waals surface area contributed by atoms with Crippen LogP contribution >= 0.6 is 0 Å². The standard InChI is InChI=1S/C15H18NO2/c1-5-11-10-16(14(17)18-15(2,3)4)13-9-7-6-8-12(11)13/h5-10H,1-4H3. The van der Waals surface area contributed by atoms with Crippen molar-refractivity contribution in [1.29, 1.82) is 0 Å². The lowest BCUT2D eigenvalue weighted by molar-refractivity contribution is 0.0544. The summed E-state index contributed by atoms with van der Waals surface area (Å²) in [6, 6.07) is 7.81. The Morgan fingerprint density at radius 1 is 1.28 bits per heavy atom. The lowest BCUT2D eigenvalue weighted by atomic mass is 10.1. The van der Waals surface area contributed by atoms with Crippen molar-refractivity contribution in [3.05, 3.63) is 42.4 Å².